The number of ether oxygens (including phenoxy) is 1. The molecule has 0 spiro atoms. The number of fused-ring (bicyclic) bond motifs is 1. The van der Waals surface area contributed by atoms with Gasteiger partial charge in [-0.25, -0.2) is 4.79 Å². The normalized spacial score (nSPS) is 12.3. The molecule has 0 atom stereocenters. The van der Waals surface area contributed by atoms with Gasteiger partial charge in [0.2, 0.25) is 0 Å². The van der Waals surface area contributed by atoms with Crippen molar-refractivity contribution in [2.24, 2.45) is 5.73 Å². The second kappa shape index (κ2) is 9.66. The molecule has 7 nitrogen and oxygen atoms in total. The highest BCUT2D eigenvalue weighted by Gasteiger charge is 2.12. The first-order valence-electron chi connectivity index (χ1n) is 8.65. The van der Waals surface area contributed by atoms with E-state index in [-0.39, 0.29) is 18.9 Å². The third kappa shape index (κ3) is 6.82. The summed E-state index contributed by atoms with van der Waals surface area (Å²) in [6.07, 6.45) is 5.71. The SMILES string of the molecule is NC(=O)NCCCCCC(=O)OCC(=O)Nc1ccc2c(c1)CCC2. The van der Waals surface area contributed by atoms with Crippen molar-refractivity contribution in [1.29, 1.82) is 0 Å². The Morgan fingerprint density at radius 3 is 2.68 bits per heavy atom. The van der Waals surface area contributed by atoms with E-state index < -0.39 is 12.0 Å². The fraction of sp³-hybridized carbons (Fsp3) is 0.500. The number of aryl methyl sites for hydroxylation is 2. The summed E-state index contributed by atoms with van der Waals surface area (Å²) in [7, 11) is 0. The number of nitrogens with one attached hydrogen (secondary N) is 2. The van der Waals surface area contributed by atoms with Crippen molar-refractivity contribution in [2.75, 3.05) is 18.5 Å². The third-order valence-corrected chi connectivity index (χ3v) is 4.10. The molecule has 2 rings (SSSR count). The molecule has 1 aliphatic carbocycles. The number of hydrogen-bond acceptors (Lipinski definition) is 4. The van der Waals surface area contributed by atoms with Gasteiger partial charge in [0.15, 0.2) is 6.61 Å². The van der Waals surface area contributed by atoms with E-state index in [1.807, 2.05) is 18.2 Å². The van der Waals surface area contributed by atoms with Crippen LogP contribution in [0.2, 0.25) is 0 Å². The molecule has 1 aromatic rings. The monoisotopic (exact) mass is 347 g/mol. The molecule has 0 heterocycles. The van der Waals surface area contributed by atoms with Gasteiger partial charge in [-0.15, -0.1) is 0 Å². The molecule has 25 heavy (non-hydrogen) atoms. The zero-order valence-corrected chi connectivity index (χ0v) is 14.3. The number of urea groups is 1. The number of esters is 1. The van der Waals surface area contributed by atoms with Crippen LogP contribution < -0.4 is 16.4 Å². The van der Waals surface area contributed by atoms with Gasteiger partial charge in [0.25, 0.3) is 5.91 Å². The highest BCUT2D eigenvalue weighted by molar-refractivity contribution is 5.92. The van der Waals surface area contributed by atoms with Crippen LogP contribution >= 0.6 is 0 Å². The van der Waals surface area contributed by atoms with Gasteiger partial charge >= 0.3 is 12.0 Å². The van der Waals surface area contributed by atoms with Gasteiger partial charge in [-0.1, -0.05) is 12.5 Å². The number of carbonyl (C=O) groups excluding carboxylic acids is 3. The number of unbranched alkanes of at least 4 members (excludes halogenated alkanes) is 2. The first kappa shape index (κ1) is 18.8. The summed E-state index contributed by atoms with van der Waals surface area (Å²) in [4.78, 5) is 33.9. The molecular formula is C18H25N3O4. The zero-order chi connectivity index (χ0) is 18.1. The maximum absolute atomic E-state index is 11.9. The number of benzene rings is 1. The zero-order valence-electron chi connectivity index (χ0n) is 14.3. The van der Waals surface area contributed by atoms with Crippen molar-refractivity contribution in [1.82, 2.24) is 5.32 Å². The van der Waals surface area contributed by atoms with Crippen LogP contribution in [-0.2, 0) is 27.2 Å². The molecule has 0 aromatic heterocycles. The summed E-state index contributed by atoms with van der Waals surface area (Å²) in [5.41, 5.74) is 8.30. The fourth-order valence-electron chi connectivity index (χ4n) is 2.85. The van der Waals surface area contributed by atoms with E-state index in [2.05, 4.69) is 10.6 Å². The minimum absolute atomic E-state index is 0.253. The van der Waals surface area contributed by atoms with Gasteiger partial charge in [-0.3, -0.25) is 9.59 Å². The van der Waals surface area contributed by atoms with Crippen LogP contribution in [0.1, 0.15) is 43.2 Å². The quantitative estimate of drug-likeness (QED) is 0.468. The minimum Gasteiger partial charge on any atom is -0.456 e. The third-order valence-electron chi connectivity index (χ3n) is 4.10. The number of primary amides is 1. The lowest BCUT2D eigenvalue weighted by Crippen LogP contribution is -2.29. The van der Waals surface area contributed by atoms with Crippen LogP contribution in [0.3, 0.4) is 0 Å². The Bertz CT molecular complexity index is 631. The van der Waals surface area contributed by atoms with Crippen LogP contribution in [0.15, 0.2) is 18.2 Å². The second-order valence-electron chi connectivity index (χ2n) is 6.15. The average molecular weight is 347 g/mol. The van der Waals surface area contributed by atoms with Gasteiger partial charge in [-0.05, 0) is 55.4 Å². The molecular weight excluding hydrogens is 322 g/mol. The molecule has 0 fully saturated rings. The summed E-state index contributed by atoms with van der Waals surface area (Å²) in [6, 6.07) is 5.36. The molecule has 1 aromatic carbocycles. The molecule has 0 radical (unpaired) electrons. The Balaban J connectivity index is 1.58. The summed E-state index contributed by atoms with van der Waals surface area (Å²) in [5.74, 6) is -0.732. The number of amides is 3. The molecule has 136 valence electrons. The first-order chi connectivity index (χ1) is 12.0. The average Bonchev–Trinajstić information content (AvgIpc) is 3.03. The Kier molecular flexibility index (Phi) is 7.25. The Labute approximate surface area is 147 Å². The lowest BCUT2D eigenvalue weighted by atomic mass is 10.1. The molecule has 1 aliphatic rings. The van der Waals surface area contributed by atoms with Gasteiger partial charge < -0.3 is 21.1 Å². The van der Waals surface area contributed by atoms with Crippen molar-refractivity contribution in [3.63, 3.8) is 0 Å². The predicted octanol–water partition coefficient (Wildman–Crippen LogP) is 1.89. The van der Waals surface area contributed by atoms with E-state index in [1.54, 1.807) is 0 Å². The first-order valence-corrected chi connectivity index (χ1v) is 8.65. The molecule has 0 saturated carbocycles. The second-order valence-corrected chi connectivity index (χ2v) is 6.15. The lowest BCUT2D eigenvalue weighted by Gasteiger charge is -2.08. The number of anilines is 1. The highest BCUT2D eigenvalue weighted by Crippen LogP contribution is 2.24. The van der Waals surface area contributed by atoms with Crippen molar-refractivity contribution in [3.05, 3.63) is 29.3 Å². The molecule has 3 amide bonds. The molecule has 0 saturated heterocycles. The van der Waals surface area contributed by atoms with Crippen molar-refractivity contribution in [3.8, 4) is 0 Å². The summed E-state index contributed by atoms with van der Waals surface area (Å²) in [6.45, 7) is 0.215. The van der Waals surface area contributed by atoms with E-state index in [9.17, 15) is 14.4 Å². The molecule has 0 aliphatic heterocycles. The maximum Gasteiger partial charge on any atom is 0.312 e. The lowest BCUT2D eigenvalue weighted by molar-refractivity contribution is -0.147. The number of nitrogens with two attached hydrogens (primary N) is 1. The van der Waals surface area contributed by atoms with Gasteiger partial charge in [0.05, 0.1) is 0 Å². The Hall–Kier alpha value is -2.57. The van der Waals surface area contributed by atoms with Crippen molar-refractivity contribution >= 4 is 23.6 Å². The summed E-state index contributed by atoms with van der Waals surface area (Å²) >= 11 is 0. The Morgan fingerprint density at radius 2 is 1.88 bits per heavy atom. The van der Waals surface area contributed by atoms with E-state index in [4.69, 9.17) is 10.5 Å². The molecule has 0 unspecified atom stereocenters. The smallest absolute Gasteiger partial charge is 0.312 e. The summed E-state index contributed by atoms with van der Waals surface area (Å²) < 4.78 is 4.97. The standard InChI is InChI=1S/C18H25N3O4/c19-18(24)20-10-3-1-2-7-17(23)25-12-16(22)21-15-9-8-13-5-4-6-14(13)11-15/h8-9,11H,1-7,10,12H2,(H,21,22)(H3,19,20,24). The van der Waals surface area contributed by atoms with Crippen molar-refractivity contribution < 1.29 is 19.1 Å². The van der Waals surface area contributed by atoms with Crippen LogP contribution in [-0.4, -0.2) is 31.1 Å². The largest absolute Gasteiger partial charge is 0.456 e. The molecule has 7 heteroatoms. The van der Waals surface area contributed by atoms with Gasteiger partial charge in [-0.2, -0.15) is 0 Å². The van der Waals surface area contributed by atoms with Crippen LogP contribution in [0.5, 0.6) is 0 Å². The minimum atomic E-state index is -0.547. The van der Waals surface area contributed by atoms with Crippen LogP contribution in [0, 0.1) is 0 Å². The fourth-order valence-corrected chi connectivity index (χ4v) is 2.85. The van der Waals surface area contributed by atoms with E-state index >= 15 is 0 Å². The van der Waals surface area contributed by atoms with Gasteiger partial charge in [0.1, 0.15) is 0 Å². The number of rotatable bonds is 9. The molecule has 0 bridgehead atoms. The van der Waals surface area contributed by atoms with Gasteiger partial charge in [0, 0.05) is 18.7 Å². The predicted molar refractivity (Wildman–Crippen MR) is 94.1 cm³/mol. The maximum atomic E-state index is 11.9. The van der Waals surface area contributed by atoms with E-state index in [1.165, 1.54) is 11.1 Å². The van der Waals surface area contributed by atoms with Crippen LogP contribution in [0.4, 0.5) is 10.5 Å². The molecule has 4 N–H and O–H groups in total. The highest BCUT2D eigenvalue weighted by atomic mass is 16.5. The van der Waals surface area contributed by atoms with Crippen LogP contribution in [0.25, 0.3) is 0 Å². The Morgan fingerprint density at radius 1 is 1.08 bits per heavy atom. The number of carbonyl (C=O) groups is 3. The summed E-state index contributed by atoms with van der Waals surface area (Å²) in [5, 5.41) is 5.24. The van der Waals surface area contributed by atoms with Crippen molar-refractivity contribution in [2.45, 2.75) is 44.9 Å². The topological polar surface area (TPSA) is 111 Å². The van der Waals surface area contributed by atoms with E-state index in [0.717, 1.165) is 37.8 Å². The number of hydrogen-bond donors (Lipinski definition) is 3. The van der Waals surface area contributed by atoms with E-state index in [0.29, 0.717) is 13.0 Å².